The van der Waals surface area contributed by atoms with E-state index < -0.39 is 0 Å². The third kappa shape index (κ3) is 3.62. The summed E-state index contributed by atoms with van der Waals surface area (Å²) in [6.07, 6.45) is 0. The number of thiocarbonyl (C=S) groups is 1. The van der Waals surface area contributed by atoms with E-state index in [4.69, 9.17) is 18.0 Å². The summed E-state index contributed by atoms with van der Waals surface area (Å²) in [5.74, 6) is -0.188. The summed E-state index contributed by atoms with van der Waals surface area (Å²) in [4.78, 5) is 16.0. The van der Waals surface area contributed by atoms with Gasteiger partial charge >= 0.3 is 5.97 Å². The molecule has 1 saturated heterocycles. The van der Waals surface area contributed by atoms with E-state index in [1.807, 2.05) is 13.8 Å². The molecule has 0 unspecified atom stereocenters. The Bertz CT molecular complexity index is 299. The van der Waals surface area contributed by atoms with Crippen LogP contribution in [0.5, 0.6) is 0 Å². The van der Waals surface area contributed by atoms with Crippen molar-refractivity contribution in [3.8, 4) is 0 Å². The molecule has 17 heavy (non-hydrogen) atoms. The number of piperazine rings is 1. The first kappa shape index (κ1) is 14.3. The van der Waals surface area contributed by atoms with Gasteiger partial charge in [0.25, 0.3) is 0 Å². The molecule has 6 heteroatoms. The molecule has 0 aliphatic carbocycles. The number of hydrogen-bond acceptors (Lipinski definition) is 5. The maximum atomic E-state index is 11.1. The highest BCUT2D eigenvalue weighted by molar-refractivity contribution is 7.80. The lowest BCUT2D eigenvalue weighted by atomic mass is 10.0. The molecule has 0 radical (unpaired) electrons. The van der Waals surface area contributed by atoms with Crippen LogP contribution < -0.4 is 5.73 Å². The Labute approximate surface area is 108 Å². The molecule has 1 aliphatic rings. The lowest BCUT2D eigenvalue weighted by Crippen LogP contribution is -2.59. The monoisotopic (exact) mass is 259 g/mol. The fourth-order valence-corrected chi connectivity index (χ4v) is 2.00. The van der Waals surface area contributed by atoms with Crippen molar-refractivity contribution < 1.29 is 9.53 Å². The third-order valence-electron chi connectivity index (χ3n) is 3.35. The summed E-state index contributed by atoms with van der Waals surface area (Å²) < 4.78 is 4.65. The first-order chi connectivity index (χ1) is 7.87. The summed E-state index contributed by atoms with van der Waals surface area (Å²) in [6, 6.07) is 0. The first-order valence-electron chi connectivity index (χ1n) is 5.72. The van der Waals surface area contributed by atoms with Crippen molar-refractivity contribution in [1.29, 1.82) is 0 Å². The number of carbonyl (C=O) groups excluding carboxylic acids is 1. The predicted octanol–water partition coefficient (Wildman–Crippen LogP) is -0.158. The molecule has 0 aromatic carbocycles. The van der Waals surface area contributed by atoms with E-state index in [-0.39, 0.29) is 11.5 Å². The molecule has 2 N–H and O–H groups in total. The van der Waals surface area contributed by atoms with Gasteiger partial charge in [0.1, 0.15) is 0 Å². The SMILES string of the molecule is COC(=O)CN1CCN(C(C)(C)C(N)=S)CC1. The zero-order valence-electron chi connectivity index (χ0n) is 10.7. The summed E-state index contributed by atoms with van der Waals surface area (Å²) in [5.41, 5.74) is 5.48. The van der Waals surface area contributed by atoms with Crippen molar-refractivity contribution in [1.82, 2.24) is 9.80 Å². The molecule has 1 fully saturated rings. The van der Waals surface area contributed by atoms with Gasteiger partial charge in [0.15, 0.2) is 0 Å². The molecule has 0 amide bonds. The van der Waals surface area contributed by atoms with Crippen LogP contribution >= 0.6 is 12.2 Å². The third-order valence-corrected chi connectivity index (χ3v) is 3.85. The van der Waals surface area contributed by atoms with Crippen molar-refractivity contribution in [2.24, 2.45) is 5.73 Å². The Kier molecular flexibility index (Phi) is 4.85. The summed E-state index contributed by atoms with van der Waals surface area (Å²) in [6.45, 7) is 7.82. The average molecular weight is 259 g/mol. The van der Waals surface area contributed by atoms with Gasteiger partial charge in [-0.2, -0.15) is 0 Å². The Balaban J connectivity index is 2.46. The fourth-order valence-electron chi connectivity index (χ4n) is 1.87. The van der Waals surface area contributed by atoms with Gasteiger partial charge in [0.2, 0.25) is 0 Å². The van der Waals surface area contributed by atoms with E-state index in [1.54, 1.807) is 0 Å². The van der Waals surface area contributed by atoms with Gasteiger partial charge in [0, 0.05) is 26.2 Å². The zero-order chi connectivity index (χ0) is 13.1. The summed E-state index contributed by atoms with van der Waals surface area (Å²) in [7, 11) is 1.41. The van der Waals surface area contributed by atoms with Gasteiger partial charge < -0.3 is 10.5 Å². The van der Waals surface area contributed by atoms with Crippen molar-refractivity contribution in [2.75, 3.05) is 39.8 Å². The Morgan fingerprint density at radius 1 is 1.35 bits per heavy atom. The van der Waals surface area contributed by atoms with Gasteiger partial charge in [-0.05, 0) is 13.8 Å². The first-order valence-corrected chi connectivity index (χ1v) is 6.13. The Morgan fingerprint density at radius 2 is 1.88 bits per heavy atom. The quantitative estimate of drug-likeness (QED) is 0.559. The lowest BCUT2D eigenvalue weighted by Gasteiger charge is -2.43. The fraction of sp³-hybridized carbons (Fsp3) is 0.818. The van der Waals surface area contributed by atoms with Crippen LogP contribution in [0.4, 0.5) is 0 Å². The second-order valence-electron chi connectivity index (χ2n) is 4.76. The van der Waals surface area contributed by atoms with Crippen LogP contribution in [-0.4, -0.2) is 66.1 Å². The minimum absolute atomic E-state index is 0.188. The number of rotatable bonds is 4. The maximum absolute atomic E-state index is 11.1. The standard InChI is InChI=1S/C11H21N3O2S/c1-11(2,10(12)17)14-6-4-13(5-7-14)8-9(15)16-3/h4-8H2,1-3H3,(H2,12,17). The van der Waals surface area contributed by atoms with Crippen molar-refractivity contribution in [2.45, 2.75) is 19.4 Å². The van der Waals surface area contributed by atoms with E-state index in [1.165, 1.54) is 7.11 Å². The molecule has 0 aromatic heterocycles. The van der Waals surface area contributed by atoms with E-state index in [0.29, 0.717) is 11.5 Å². The summed E-state index contributed by atoms with van der Waals surface area (Å²) in [5, 5.41) is 0. The molecule has 98 valence electrons. The zero-order valence-corrected chi connectivity index (χ0v) is 11.5. The number of carbonyl (C=O) groups is 1. The highest BCUT2D eigenvalue weighted by Crippen LogP contribution is 2.17. The topological polar surface area (TPSA) is 58.8 Å². The number of methoxy groups -OCH3 is 1. The van der Waals surface area contributed by atoms with Gasteiger partial charge in [-0.1, -0.05) is 12.2 Å². The molecule has 1 aliphatic heterocycles. The van der Waals surface area contributed by atoms with Crippen LogP contribution in [0.15, 0.2) is 0 Å². The molecule has 0 saturated carbocycles. The minimum atomic E-state index is -0.257. The maximum Gasteiger partial charge on any atom is 0.319 e. The average Bonchev–Trinajstić information content (AvgIpc) is 2.29. The minimum Gasteiger partial charge on any atom is -0.468 e. The number of esters is 1. The van der Waals surface area contributed by atoms with Crippen LogP contribution in [0.25, 0.3) is 0 Å². The lowest BCUT2D eigenvalue weighted by molar-refractivity contribution is -0.142. The van der Waals surface area contributed by atoms with Gasteiger partial charge in [-0.15, -0.1) is 0 Å². The van der Waals surface area contributed by atoms with Gasteiger partial charge in [-0.25, -0.2) is 0 Å². The van der Waals surface area contributed by atoms with E-state index in [9.17, 15) is 4.79 Å². The molecule has 1 rings (SSSR count). The largest absolute Gasteiger partial charge is 0.468 e. The van der Waals surface area contributed by atoms with Crippen LogP contribution in [-0.2, 0) is 9.53 Å². The number of nitrogens with zero attached hydrogens (tertiary/aromatic N) is 2. The molecular formula is C11H21N3O2S. The predicted molar refractivity (Wildman–Crippen MR) is 70.9 cm³/mol. The van der Waals surface area contributed by atoms with Crippen molar-refractivity contribution in [3.63, 3.8) is 0 Å². The molecule has 0 bridgehead atoms. The smallest absolute Gasteiger partial charge is 0.319 e. The normalized spacial score (nSPS) is 19.0. The molecule has 0 atom stereocenters. The highest BCUT2D eigenvalue weighted by atomic mass is 32.1. The molecule has 0 spiro atoms. The highest BCUT2D eigenvalue weighted by Gasteiger charge is 2.32. The van der Waals surface area contributed by atoms with Crippen molar-refractivity contribution in [3.05, 3.63) is 0 Å². The number of ether oxygens (including phenoxy) is 1. The van der Waals surface area contributed by atoms with E-state index >= 15 is 0 Å². The molecular weight excluding hydrogens is 238 g/mol. The second-order valence-corrected chi connectivity index (χ2v) is 5.20. The molecule has 0 aromatic rings. The van der Waals surface area contributed by atoms with Crippen LogP contribution in [0.1, 0.15) is 13.8 Å². The van der Waals surface area contributed by atoms with E-state index in [0.717, 1.165) is 26.2 Å². The van der Waals surface area contributed by atoms with Crippen LogP contribution in [0, 0.1) is 0 Å². The second kappa shape index (κ2) is 5.75. The van der Waals surface area contributed by atoms with E-state index in [2.05, 4.69) is 14.5 Å². The van der Waals surface area contributed by atoms with Crippen molar-refractivity contribution >= 4 is 23.2 Å². The Hall–Kier alpha value is -0.720. The van der Waals surface area contributed by atoms with Crippen LogP contribution in [0.2, 0.25) is 0 Å². The Morgan fingerprint density at radius 3 is 2.29 bits per heavy atom. The van der Waals surface area contributed by atoms with Gasteiger partial charge in [0.05, 0.1) is 24.2 Å². The van der Waals surface area contributed by atoms with Crippen LogP contribution in [0.3, 0.4) is 0 Å². The van der Waals surface area contributed by atoms with Gasteiger partial charge in [-0.3, -0.25) is 14.6 Å². The summed E-state index contributed by atoms with van der Waals surface area (Å²) >= 11 is 5.08. The molecule has 5 nitrogen and oxygen atoms in total. The number of nitrogens with two attached hydrogens (primary N) is 1. The number of hydrogen-bond donors (Lipinski definition) is 1. The molecule has 1 heterocycles.